The van der Waals surface area contributed by atoms with Crippen LogP contribution in [0.25, 0.3) is 11.3 Å². The Hall–Kier alpha value is -1.81. The maximum absolute atomic E-state index is 6.06. The second-order valence-corrected chi connectivity index (χ2v) is 5.96. The molecule has 0 amide bonds. The van der Waals surface area contributed by atoms with Crippen LogP contribution in [-0.4, -0.2) is 10.8 Å². The third kappa shape index (κ3) is 2.20. The Kier molecular flexibility index (Phi) is 3.05. The van der Waals surface area contributed by atoms with E-state index >= 15 is 0 Å². The highest BCUT2D eigenvalue weighted by atomic mass is 16.5. The fourth-order valence-electron chi connectivity index (χ4n) is 2.61. The first-order valence-electron chi connectivity index (χ1n) is 7.03. The average molecular weight is 272 g/mol. The zero-order chi connectivity index (χ0) is 14.3. The van der Waals surface area contributed by atoms with Crippen LogP contribution in [0.4, 0.5) is 0 Å². The fraction of sp³-hybridized carbons (Fsp3) is 0.438. The topological polar surface area (TPSA) is 61.3 Å². The number of para-hydroxylation sites is 1. The Morgan fingerprint density at radius 2 is 2.20 bits per heavy atom. The zero-order valence-electron chi connectivity index (χ0n) is 12.1. The van der Waals surface area contributed by atoms with Crippen molar-refractivity contribution in [2.75, 3.05) is 0 Å². The van der Waals surface area contributed by atoms with E-state index in [2.05, 4.69) is 25.1 Å². The summed E-state index contributed by atoms with van der Waals surface area (Å²) in [5.41, 5.74) is 8.80. The Morgan fingerprint density at radius 1 is 1.40 bits per heavy atom. The van der Waals surface area contributed by atoms with Crippen molar-refractivity contribution in [3.63, 3.8) is 0 Å². The zero-order valence-corrected chi connectivity index (χ0v) is 12.1. The second kappa shape index (κ2) is 4.63. The van der Waals surface area contributed by atoms with Crippen molar-refractivity contribution in [2.24, 2.45) is 5.73 Å². The Bertz CT molecular complexity index is 631. The van der Waals surface area contributed by atoms with Gasteiger partial charge in [-0.3, -0.25) is 0 Å². The van der Waals surface area contributed by atoms with E-state index < -0.39 is 0 Å². The molecule has 1 atom stereocenters. The minimum absolute atomic E-state index is 0.106. The number of hydrogen-bond acceptors (Lipinski definition) is 4. The molecular weight excluding hydrogens is 252 g/mol. The molecule has 2 N–H and O–H groups in total. The van der Waals surface area contributed by atoms with Gasteiger partial charge in [-0.15, -0.1) is 0 Å². The molecule has 2 aromatic rings. The lowest BCUT2D eigenvalue weighted by Gasteiger charge is -2.17. The molecule has 2 heterocycles. The van der Waals surface area contributed by atoms with Gasteiger partial charge in [0.05, 0.1) is 6.04 Å². The number of ether oxygens (including phenoxy) is 1. The first-order chi connectivity index (χ1) is 9.50. The number of rotatable bonds is 3. The van der Waals surface area contributed by atoms with E-state index in [9.17, 15) is 0 Å². The summed E-state index contributed by atoms with van der Waals surface area (Å²) in [5.74, 6) is 1.64. The Morgan fingerprint density at radius 3 is 2.95 bits per heavy atom. The molecule has 3 rings (SSSR count). The highest BCUT2D eigenvalue weighted by molar-refractivity contribution is 5.70. The summed E-state index contributed by atoms with van der Waals surface area (Å²) in [6.45, 7) is 6.22. The van der Waals surface area contributed by atoms with Crippen molar-refractivity contribution < 1.29 is 9.26 Å². The van der Waals surface area contributed by atoms with Gasteiger partial charge in [0.1, 0.15) is 17.0 Å². The molecule has 0 fully saturated rings. The summed E-state index contributed by atoms with van der Waals surface area (Å²) >= 11 is 0. The van der Waals surface area contributed by atoms with Crippen LogP contribution in [0.15, 0.2) is 28.8 Å². The van der Waals surface area contributed by atoms with Gasteiger partial charge in [-0.1, -0.05) is 24.2 Å². The molecule has 0 saturated carbocycles. The van der Waals surface area contributed by atoms with Crippen LogP contribution in [-0.2, 0) is 6.42 Å². The van der Waals surface area contributed by atoms with Crippen molar-refractivity contribution in [1.82, 2.24) is 5.16 Å². The second-order valence-electron chi connectivity index (χ2n) is 5.96. The Balaban J connectivity index is 2.01. The molecule has 20 heavy (non-hydrogen) atoms. The summed E-state index contributed by atoms with van der Waals surface area (Å²) < 4.78 is 11.4. The van der Waals surface area contributed by atoms with Crippen molar-refractivity contribution in [2.45, 2.75) is 45.3 Å². The van der Waals surface area contributed by atoms with Gasteiger partial charge in [-0.05, 0) is 31.9 Å². The minimum Gasteiger partial charge on any atom is -0.487 e. The SMILES string of the molecule is CCC(N)c1cc(-c2cccc3c2OC(C)(C)C3)no1. The van der Waals surface area contributed by atoms with E-state index in [1.54, 1.807) is 0 Å². The minimum atomic E-state index is -0.162. The lowest BCUT2D eigenvalue weighted by molar-refractivity contribution is 0.139. The van der Waals surface area contributed by atoms with Crippen molar-refractivity contribution >= 4 is 0 Å². The number of aromatic nitrogens is 1. The van der Waals surface area contributed by atoms with Crippen LogP contribution in [0.1, 0.15) is 44.6 Å². The average Bonchev–Trinajstić information content (AvgIpc) is 2.99. The molecular formula is C16H20N2O2. The highest BCUT2D eigenvalue weighted by Gasteiger charge is 2.32. The molecule has 1 aliphatic rings. The van der Waals surface area contributed by atoms with Crippen molar-refractivity contribution in [1.29, 1.82) is 0 Å². The third-order valence-corrected chi connectivity index (χ3v) is 3.70. The quantitative estimate of drug-likeness (QED) is 0.929. The van der Waals surface area contributed by atoms with Crippen LogP contribution in [0.5, 0.6) is 5.75 Å². The van der Waals surface area contributed by atoms with Gasteiger partial charge in [0.15, 0.2) is 5.76 Å². The van der Waals surface area contributed by atoms with Gasteiger partial charge >= 0.3 is 0 Å². The summed E-state index contributed by atoms with van der Waals surface area (Å²) in [7, 11) is 0. The first-order valence-corrected chi connectivity index (χ1v) is 7.03. The van der Waals surface area contributed by atoms with E-state index in [-0.39, 0.29) is 11.6 Å². The van der Waals surface area contributed by atoms with Gasteiger partial charge in [-0.2, -0.15) is 0 Å². The highest BCUT2D eigenvalue weighted by Crippen LogP contribution is 2.42. The lowest BCUT2D eigenvalue weighted by Crippen LogP contribution is -2.24. The maximum atomic E-state index is 6.06. The summed E-state index contributed by atoms with van der Waals surface area (Å²) in [5, 5.41) is 4.15. The van der Waals surface area contributed by atoms with Crippen LogP contribution >= 0.6 is 0 Å². The van der Waals surface area contributed by atoms with E-state index in [1.807, 2.05) is 25.1 Å². The standard InChI is InChI=1S/C16H20N2O2/c1-4-12(17)14-8-13(18-20-14)11-7-5-6-10-9-16(2,3)19-15(10)11/h5-8,12H,4,9,17H2,1-3H3. The summed E-state index contributed by atoms with van der Waals surface area (Å²) in [6, 6.07) is 7.96. The molecule has 0 bridgehead atoms. The maximum Gasteiger partial charge on any atom is 0.154 e. The van der Waals surface area contributed by atoms with E-state index in [0.29, 0.717) is 0 Å². The predicted molar refractivity (Wildman–Crippen MR) is 77.6 cm³/mol. The third-order valence-electron chi connectivity index (χ3n) is 3.70. The van der Waals surface area contributed by atoms with Crippen molar-refractivity contribution in [3.05, 3.63) is 35.6 Å². The van der Waals surface area contributed by atoms with Crippen LogP contribution < -0.4 is 10.5 Å². The first kappa shape index (κ1) is 13.2. The van der Waals surface area contributed by atoms with E-state index in [1.165, 1.54) is 5.56 Å². The molecule has 1 aliphatic heterocycles. The van der Waals surface area contributed by atoms with Crippen molar-refractivity contribution in [3.8, 4) is 17.0 Å². The van der Waals surface area contributed by atoms with Gasteiger partial charge < -0.3 is 15.0 Å². The van der Waals surface area contributed by atoms with Gasteiger partial charge in [0.25, 0.3) is 0 Å². The molecule has 4 heteroatoms. The van der Waals surface area contributed by atoms with Gasteiger partial charge in [-0.25, -0.2) is 0 Å². The predicted octanol–water partition coefficient (Wildman–Crippen LogP) is 3.46. The van der Waals surface area contributed by atoms with E-state index in [4.69, 9.17) is 15.0 Å². The van der Waals surface area contributed by atoms with Gasteiger partial charge in [0.2, 0.25) is 0 Å². The summed E-state index contributed by atoms with van der Waals surface area (Å²) in [6.07, 6.45) is 1.74. The molecule has 0 radical (unpaired) electrons. The normalized spacial score (nSPS) is 17.6. The number of benzene rings is 1. The van der Waals surface area contributed by atoms with E-state index in [0.717, 1.165) is 35.6 Å². The monoisotopic (exact) mass is 272 g/mol. The smallest absolute Gasteiger partial charge is 0.154 e. The Labute approximate surface area is 118 Å². The largest absolute Gasteiger partial charge is 0.487 e. The molecule has 4 nitrogen and oxygen atoms in total. The molecule has 1 aromatic heterocycles. The lowest BCUT2D eigenvalue weighted by atomic mass is 9.99. The molecule has 0 spiro atoms. The molecule has 106 valence electrons. The molecule has 0 saturated heterocycles. The summed E-state index contributed by atoms with van der Waals surface area (Å²) in [4.78, 5) is 0. The number of nitrogens with zero attached hydrogens (tertiary/aromatic N) is 1. The van der Waals surface area contributed by atoms with Gasteiger partial charge in [0, 0.05) is 18.1 Å². The molecule has 1 unspecified atom stereocenters. The number of fused-ring (bicyclic) bond motifs is 1. The fourth-order valence-corrected chi connectivity index (χ4v) is 2.61. The van der Waals surface area contributed by atoms with Crippen LogP contribution in [0.2, 0.25) is 0 Å². The van der Waals surface area contributed by atoms with Crippen LogP contribution in [0.3, 0.4) is 0 Å². The molecule has 0 aliphatic carbocycles. The van der Waals surface area contributed by atoms with Crippen LogP contribution in [0, 0.1) is 0 Å². The number of nitrogens with two attached hydrogens (primary N) is 1. The number of hydrogen-bond donors (Lipinski definition) is 1. The molecule has 1 aromatic carbocycles.